The summed E-state index contributed by atoms with van der Waals surface area (Å²) in [4.78, 5) is 25.9. The summed E-state index contributed by atoms with van der Waals surface area (Å²) in [6.45, 7) is 4.39. The number of hydrogen-bond acceptors (Lipinski definition) is 8. The molecule has 1 aliphatic heterocycles. The molecule has 3 aromatic rings. The molecule has 1 aromatic carbocycles. The summed E-state index contributed by atoms with van der Waals surface area (Å²) in [5, 5.41) is 1.70. The Morgan fingerprint density at radius 3 is 3.00 bits per heavy atom. The Morgan fingerprint density at radius 2 is 2.21 bits per heavy atom. The van der Waals surface area contributed by atoms with Gasteiger partial charge < -0.3 is 14.4 Å². The van der Waals surface area contributed by atoms with Crippen molar-refractivity contribution in [2.75, 3.05) is 39.6 Å². The molecule has 1 saturated heterocycles. The fourth-order valence-electron chi connectivity index (χ4n) is 3.26. The van der Waals surface area contributed by atoms with Gasteiger partial charge in [0.15, 0.2) is 5.78 Å². The van der Waals surface area contributed by atoms with Crippen molar-refractivity contribution in [1.82, 2.24) is 14.9 Å². The standard InChI is InChI=1S/C21H23N3O3S2/c1-13-22-16-5-4-14(26-3)10-15(16)21(23-13)28-12-17(25)19-6-7-20(29-19)18-11-24(2)8-9-27-18/h4-7,10,18H,8-9,11-12H2,1-3H3. The molecule has 2 aromatic heterocycles. The summed E-state index contributed by atoms with van der Waals surface area (Å²) in [5.41, 5.74) is 0.852. The van der Waals surface area contributed by atoms with Gasteiger partial charge in [-0.1, -0.05) is 11.8 Å². The number of carbonyl (C=O) groups is 1. The second-order valence-electron chi connectivity index (χ2n) is 6.99. The number of carbonyl (C=O) groups excluding carboxylic acids is 1. The first kappa shape index (κ1) is 20.3. The van der Waals surface area contributed by atoms with E-state index in [2.05, 4.69) is 21.9 Å². The van der Waals surface area contributed by atoms with Crippen LogP contribution in [-0.2, 0) is 4.74 Å². The Hall–Kier alpha value is -2.00. The Labute approximate surface area is 178 Å². The molecule has 0 aliphatic carbocycles. The topological polar surface area (TPSA) is 64.6 Å². The quantitative estimate of drug-likeness (QED) is 0.333. The number of likely N-dealkylation sites (N-methyl/N-ethyl adjacent to an activating group) is 1. The molecule has 0 radical (unpaired) electrons. The largest absolute Gasteiger partial charge is 0.497 e. The Bertz CT molecular complexity index is 1040. The highest BCUT2D eigenvalue weighted by Crippen LogP contribution is 2.32. The van der Waals surface area contributed by atoms with E-state index in [0.717, 1.165) is 51.1 Å². The minimum Gasteiger partial charge on any atom is -0.497 e. The number of thioether (sulfide) groups is 1. The lowest BCUT2D eigenvalue weighted by atomic mass is 10.2. The van der Waals surface area contributed by atoms with Gasteiger partial charge in [0.2, 0.25) is 0 Å². The van der Waals surface area contributed by atoms with Crippen LogP contribution in [0.25, 0.3) is 10.9 Å². The van der Waals surface area contributed by atoms with Gasteiger partial charge in [0.1, 0.15) is 22.7 Å². The van der Waals surface area contributed by atoms with Gasteiger partial charge >= 0.3 is 0 Å². The molecular weight excluding hydrogens is 406 g/mol. The Kier molecular flexibility index (Phi) is 6.15. The van der Waals surface area contributed by atoms with Crippen molar-refractivity contribution >= 4 is 39.8 Å². The van der Waals surface area contributed by atoms with E-state index in [1.54, 1.807) is 7.11 Å². The minimum atomic E-state index is 0.0499. The van der Waals surface area contributed by atoms with Crippen LogP contribution in [0.3, 0.4) is 0 Å². The summed E-state index contributed by atoms with van der Waals surface area (Å²) < 4.78 is 11.2. The van der Waals surface area contributed by atoms with Gasteiger partial charge in [-0.25, -0.2) is 9.97 Å². The molecular formula is C21H23N3O3S2. The maximum Gasteiger partial charge on any atom is 0.183 e. The molecule has 1 aliphatic rings. The van der Waals surface area contributed by atoms with Crippen LogP contribution < -0.4 is 4.74 Å². The Balaban J connectivity index is 1.49. The lowest BCUT2D eigenvalue weighted by Gasteiger charge is -2.29. The monoisotopic (exact) mass is 429 g/mol. The maximum atomic E-state index is 12.8. The molecule has 1 atom stereocenters. The SMILES string of the molecule is COc1ccc2nc(C)nc(SCC(=O)c3ccc(C4CN(C)CCO4)s3)c2c1. The van der Waals surface area contributed by atoms with Crippen LogP contribution in [0.5, 0.6) is 5.75 Å². The van der Waals surface area contributed by atoms with E-state index < -0.39 is 0 Å². The van der Waals surface area contributed by atoms with Crippen LogP contribution in [-0.4, -0.2) is 60.3 Å². The number of ether oxygens (including phenoxy) is 2. The molecule has 3 heterocycles. The van der Waals surface area contributed by atoms with Crippen molar-refractivity contribution in [2.45, 2.75) is 18.1 Å². The molecule has 152 valence electrons. The summed E-state index contributed by atoms with van der Waals surface area (Å²) in [5.74, 6) is 1.87. The maximum absolute atomic E-state index is 12.8. The zero-order valence-electron chi connectivity index (χ0n) is 16.7. The van der Waals surface area contributed by atoms with E-state index in [1.807, 2.05) is 37.3 Å². The van der Waals surface area contributed by atoms with Crippen LogP contribution in [0, 0.1) is 6.92 Å². The van der Waals surface area contributed by atoms with Crippen LogP contribution in [0.1, 0.15) is 26.5 Å². The van der Waals surface area contributed by atoms with Gasteiger partial charge in [-0.3, -0.25) is 4.79 Å². The molecule has 0 N–H and O–H groups in total. The number of thiophene rings is 1. The van der Waals surface area contributed by atoms with Gasteiger partial charge in [0.25, 0.3) is 0 Å². The van der Waals surface area contributed by atoms with Gasteiger partial charge in [-0.2, -0.15) is 0 Å². The van der Waals surface area contributed by atoms with E-state index >= 15 is 0 Å². The van der Waals surface area contributed by atoms with Crippen molar-refractivity contribution in [3.8, 4) is 5.75 Å². The number of ketones is 1. The second kappa shape index (κ2) is 8.79. The fraction of sp³-hybridized carbons (Fsp3) is 0.381. The molecule has 1 unspecified atom stereocenters. The fourth-order valence-corrected chi connectivity index (χ4v) is 5.27. The van der Waals surface area contributed by atoms with Gasteiger partial charge in [0.05, 0.1) is 29.9 Å². The first-order valence-electron chi connectivity index (χ1n) is 9.42. The molecule has 29 heavy (non-hydrogen) atoms. The average molecular weight is 430 g/mol. The first-order chi connectivity index (χ1) is 14.0. The normalized spacial score (nSPS) is 17.6. The van der Waals surface area contributed by atoms with E-state index in [9.17, 15) is 4.79 Å². The molecule has 6 nitrogen and oxygen atoms in total. The highest BCUT2D eigenvalue weighted by Gasteiger charge is 2.22. The summed E-state index contributed by atoms with van der Waals surface area (Å²) in [6.07, 6.45) is 0.0499. The van der Waals surface area contributed by atoms with E-state index in [1.165, 1.54) is 23.1 Å². The van der Waals surface area contributed by atoms with Crippen molar-refractivity contribution in [2.24, 2.45) is 0 Å². The molecule has 1 fully saturated rings. The van der Waals surface area contributed by atoms with Gasteiger partial charge in [0, 0.05) is 23.4 Å². The van der Waals surface area contributed by atoms with Crippen molar-refractivity contribution in [3.63, 3.8) is 0 Å². The number of rotatable bonds is 6. The van der Waals surface area contributed by atoms with E-state index in [4.69, 9.17) is 9.47 Å². The third kappa shape index (κ3) is 4.61. The van der Waals surface area contributed by atoms with Crippen LogP contribution in [0.2, 0.25) is 0 Å². The van der Waals surface area contributed by atoms with Crippen molar-refractivity contribution in [1.29, 1.82) is 0 Å². The van der Waals surface area contributed by atoms with Crippen LogP contribution in [0.15, 0.2) is 35.4 Å². The number of hydrogen-bond donors (Lipinski definition) is 0. The lowest BCUT2D eigenvalue weighted by molar-refractivity contribution is -0.0189. The molecule has 0 amide bonds. The molecule has 0 bridgehead atoms. The number of benzene rings is 1. The Morgan fingerprint density at radius 1 is 1.34 bits per heavy atom. The lowest BCUT2D eigenvalue weighted by Crippen LogP contribution is -2.34. The van der Waals surface area contributed by atoms with E-state index in [-0.39, 0.29) is 11.9 Å². The van der Waals surface area contributed by atoms with E-state index in [0.29, 0.717) is 11.6 Å². The minimum absolute atomic E-state index is 0.0499. The van der Waals surface area contributed by atoms with Crippen molar-refractivity contribution < 1.29 is 14.3 Å². The molecule has 4 rings (SSSR count). The number of methoxy groups -OCH3 is 1. The number of morpholine rings is 1. The van der Waals surface area contributed by atoms with Gasteiger partial charge in [-0.05, 0) is 44.3 Å². The number of aryl methyl sites for hydroxylation is 1. The molecule has 0 saturated carbocycles. The summed E-state index contributed by atoms with van der Waals surface area (Å²) in [7, 11) is 3.73. The predicted octanol–water partition coefficient (Wildman–Crippen LogP) is 3.99. The predicted molar refractivity (Wildman–Crippen MR) is 116 cm³/mol. The highest BCUT2D eigenvalue weighted by molar-refractivity contribution is 8.00. The third-order valence-corrected chi connectivity index (χ3v) is 7.02. The van der Waals surface area contributed by atoms with Crippen LogP contribution >= 0.6 is 23.1 Å². The van der Waals surface area contributed by atoms with Crippen molar-refractivity contribution in [3.05, 3.63) is 45.9 Å². The first-order valence-corrected chi connectivity index (χ1v) is 11.2. The zero-order chi connectivity index (χ0) is 20.4. The molecule has 0 spiro atoms. The third-order valence-electron chi connectivity index (χ3n) is 4.81. The summed E-state index contributed by atoms with van der Waals surface area (Å²) in [6, 6.07) is 9.64. The smallest absolute Gasteiger partial charge is 0.183 e. The number of aromatic nitrogens is 2. The number of fused-ring (bicyclic) bond motifs is 1. The number of Topliss-reactive ketones (excluding diaryl/α,β-unsaturated/α-hetero) is 1. The number of nitrogens with zero attached hydrogens (tertiary/aromatic N) is 3. The van der Waals surface area contributed by atoms with Crippen LogP contribution in [0.4, 0.5) is 0 Å². The molecule has 8 heteroatoms. The zero-order valence-corrected chi connectivity index (χ0v) is 18.3. The van der Waals surface area contributed by atoms with Gasteiger partial charge in [-0.15, -0.1) is 11.3 Å². The average Bonchev–Trinajstić information content (AvgIpc) is 3.22. The summed E-state index contributed by atoms with van der Waals surface area (Å²) >= 11 is 2.97. The second-order valence-corrected chi connectivity index (χ2v) is 9.07. The highest BCUT2D eigenvalue weighted by atomic mass is 32.2.